The van der Waals surface area contributed by atoms with E-state index in [0.717, 1.165) is 30.8 Å². The molecule has 2 aromatic carbocycles. The van der Waals surface area contributed by atoms with Crippen molar-refractivity contribution in [1.29, 1.82) is 0 Å². The van der Waals surface area contributed by atoms with Crippen LogP contribution in [0.2, 0.25) is 0 Å². The van der Waals surface area contributed by atoms with Gasteiger partial charge in [-0.15, -0.1) is 11.8 Å². The normalized spacial score (nSPS) is 29.3. The van der Waals surface area contributed by atoms with Gasteiger partial charge in [-0.3, -0.25) is 14.4 Å². The number of carbonyl (C=O) groups excluding carboxylic acids is 3. The van der Waals surface area contributed by atoms with Crippen molar-refractivity contribution in [3.8, 4) is 0 Å². The lowest BCUT2D eigenvalue weighted by Crippen LogP contribution is -2.55. The maximum absolute atomic E-state index is 14.4. The van der Waals surface area contributed by atoms with Crippen molar-refractivity contribution in [2.24, 2.45) is 17.8 Å². The number of anilines is 2. The summed E-state index contributed by atoms with van der Waals surface area (Å²) in [6.45, 7) is 9.69. The predicted octanol–water partition coefficient (Wildman–Crippen LogP) is 4.11. The maximum Gasteiger partial charge on any atom is 0.310 e. The van der Waals surface area contributed by atoms with E-state index < -0.39 is 28.7 Å². The molecule has 2 aromatic rings. The third-order valence-electron chi connectivity index (χ3n) is 8.95. The highest BCUT2D eigenvalue weighted by atomic mass is 32.2. The quantitative estimate of drug-likeness (QED) is 0.419. The van der Waals surface area contributed by atoms with Gasteiger partial charge >= 0.3 is 5.97 Å². The van der Waals surface area contributed by atoms with Crippen LogP contribution in [0.1, 0.15) is 45.7 Å². The molecule has 5 rings (SSSR count). The number of ether oxygens (including phenoxy) is 1. The molecular weight excluding hydrogens is 526 g/mol. The fourth-order valence-electron chi connectivity index (χ4n) is 7.19. The minimum Gasteiger partial charge on any atom is -0.466 e. The number of hydrogen-bond acceptors (Lipinski definition) is 7. The zero-order valence-electron chi connectivity index (χ0n) is 23.6. The van der Waals surface area contributed by atoms with Crippen LogP contribution in [0, 0.1) is 17.8 Å². The first kappa shape index (κ1) is 28.5. The number of benzene rings is 2. The molecule has 3 unspecified atom stereocenters. The van der Waals surface area contributed by atoms with E-state index in [2.05, 4.69) is 31.0 Å². The second kappa shape index (κ2) is 11.4. The van der Waals surface area contributed by atoms with E-state index in [4.69, 9.17) is 4.74 Å². The fraction of sp³-hybridized carbons (Fsp3) is 0.516. The molecule has 40 heavy (non-hydrogen) atoms. The Kier molecular flexibility index (Phi) is 8.15. The third-order valence-corrected chi connectivity index (χ3v) is 11.0. The number of rotatable bonds is 10. The van der Waals surface area contributed by atoms with Gasteiger partial charge in [0.25, 0.3) is 0 Å². The van der Waals surface area contributed by atoms with Crippen LogP contribution in [-0.2, 0) is 19.1 Å². The van der Waals surface area contributed by atoms with Crippen molar-refractivity contribution >= 4 is 40.9 Å². The Morgan fingerprint density at radius 1 is 1.12 bits per heavy atom. The van der Waals surface area contributed by atoms with Crippen LogP contribution in [0.4, 0.5) is 11.4 Å². The molecule has 2 amide bonds. The molecule has 9 heteroatoms. The van der Waals surface area contributed by atoms with E-state index in [1.54, 1.807) is 23.6 Å². The number of esters is 1. The largest absolute Gasteiger partial charge is 0.466 e. The van der Waals surface area contributed by atoms with E-state index in [9.17, 15) is 19.5 Å². The summed E-state index contributed by atoms with van der Waals surface area (Å²) < 4.78 is 4.64. The van der Waals surface area contributed by atoms with Gasteiger partial charge in [-0.05, 0) is 62.9 Å². The smallest absolute Gasteiger partial charge is 0.310 e. The summed E-state index contributed by atoms with van der Waals surface area (Å²) in [7, 11) is 0. The highest BCUT2D eigenvalue weighted by Crippen LogP contribution is 2.69. The van der Waals surface area contributed by atoms with Gasteiger partial charge in [-0.1, -0.05) is 37.3 Å². The summed E-state index contributed by atoms with van der Waals surface area (Å²) in [6, 6.07) is 15.4. The van der Waals surface area contributed by atoms with Gasteiger partial charge in [0.2, 0.25) is 11.8 Å². The average Bonchev–Trinajstić information content (AvgIpc) is 3.55. The first-order valence-electron chi connectivity index (χ1n) is 14.3. The zero-order chi connectivity index (χ0) is 28.6. The van der Waals surface area contributed by atoms with Crippen molar-refractivity contribution in [2.75, 3.05) is 36.5 Å². The van der Waals surface area contributed by atoms with Crippen molar-refractivity contribution in [3.05, 3.63) is 60.2 Å². The van der Waals surface area contributed by atoms with E-state index in [1.807, 2.05) is 54.6 Å². The number of aliphatic hydroxyl groups is 1. The number of likely N-dealkylation sites (tertiary alicyclic amines) is 1. The molecule has 0 radical (unpaired) electrons. The molecule has 2 bridgehead atoms. The SMILES string of the molecule is CCOC(=O)[C@@H]1[C@@H]2CC(C)C3(S2)C(C(=O)Nc2ccc(N(CC)CC)cc2)N([C@H](CO)c2ccccc2)C(=O)[C@H]13. The maximum atomic E-state index is 14.4. The summed E-state index contributed by atoms with van der Waals surface area (Å²) in [4.78, 5) is 45.6. The van der Waals surface area contributed by atoms with E-state index >= 15 is 0 Å². The molecule has 1 spiro atoms. The molecular formula is C31H39N3O5S. The van der Waals surface area contributed by atoms with Crippen molar-refractivity contribution < 1.29 is 24.2 Å². The Morgan fingerprint density at radius 2 is 1.80 bits per heavy atom. The Labute approximate surface area is 240 Å². The van der Waals surface area contributed by atoms with Crippen molar-refractivity contribution in [3.63, 3.8) is 0 Å². The lowest BCUT2D eigenvalue weighted by atomic mass is 9.66. The number of hydrogen-bond donors (Lipinski definition) is 2. The van der Waals surface area contributed by atoms with Crippen LogP contribution in [-0.4, -0.2) is 70.1 Å². The minimum atomic E-state index is -0.866. The van der Waals surface area contributed by atoms with Gasteiger partial charge in [0.15, 0.2) is 0 Å². The molecule has 0 saturated carbocycles. The Balaban J connectivity index is 1.55. The Bertz CT molecular complexity index is 1240. The summed E-state index contributed by atoms with van der Waals surface area (Å²) in [5.41, 5.74) is 2.45. The molecule has 3 saturated heterocycles. The van der Waals surface area contributed by atoms with Crippen LogP contribution in [0.5, 0.6) is 0 Å². The number of carbonyl (C=O) groups is 3. The van der Waals surface area contributed by atoms with Crippen LogP contribution in [0.3, 0.4) is 0 Å². The van der Waals surface area contributed by atoms with Gasteiger partial charge in [0.05, 0.1) is 35.8 Å². The molecule has 7 atom stereocenters. The van der Waals surface area contributed by atoms with Gasteiger partial charge in [0, 0.05) is 29.7 Å². The third kappa shape index (κ3) is 4.47. The van der Waals surface area contributed by atoms with E-state index in [-0.39, 0.29) is 42.2 Å². The summed E-state index contributed by atoms with van der Waals surface area (Å²) in [5.74, 6) is -2.23. The summed E-state index contributed by atoms with van der Waals surface area (Å²) in [5, 5.41) is 13.6. The Hall–Kier alpha value is -3.04. The van der Waals surface area contributed by atoms with Crippen LogP contribution >= 0.6 is 11.8 Å². The van der Waals surface area contributed by atoms with Crippen LogP contribution < -0.4 is 10.2 Å². The number of aliphatic hydroxyl groups excluding tert-OH is 1. The molecule has 2 N–H and O–H groups in total. The molecule has 0 aromatic heterocycles. The van der Waals surface area contributed by atoms with Gasteiger partial charge in [0.1, 0.15) is 6.04 Å². The van der Waals surface area contributed by atoms with Crippen molar-refractivity contribution in [2.45, 2.75) is 56.2 Å². The van der Waals surface area contributed by atoms with E-state index in [0.29, 0.717) is 5.69 Å². The minimum absolute atomic E-state index is 0.0167. The molecule has 3 aliphatic rings. The zero-order valence-corrected chi connectivity index (χ0v) is 24.4. The topological polar surface area (TPSA) is 99.2 Å². The first-order valence-corrected chi connectivity index (χ1v) is 15.2. The number of amides is 2. The average molecular weight is 566 g/mol. The highest BCUT2D eigenvalue weighted by Gasteiger charge is 2.77. The summed E-state index contributed by atoms with van der Waals surface area (Å²) in [6.07, 6.45) is 0.725. The molecule has 214 valence electrons. The molecule has 0 aliphatic carbocycles. The molecule has 3 fully saturated rings. The molecule has 8 nitrogen and oxygen atoms in total. The second-order valence-corrected chi connectivity index (χ2v) is 12.4. The number of thioether (sulfide) groups is 1. The number of fused-ring (bicyclic) bond motifs is 1. The van der Waals surface area contributed by atoms with Gasteiger partial charge in [-0.25, -0.2) is 0 Å². The predicted molar refractivity (Wildman–Crippen MR) is 157 cm³/mol. The lowest BCUT2D eigenvalue weighted by Gasteiger charge is -2.40. The molecule has 3 aliphatic heterocycles. The van der Waals surface area contributed by atoms with Crippen LogP contribution in [0.25, 0.3) is 0 Å². The first-order chi connectivity index (χ1) is 19.3. The highest BCUT2D eigenvalue weighted by molar-refractivity contribution is 8.02. The number of nitrogens with zero attached hydrogens (tertiary/aromatic N) is 2. The lowest BCUT2D eigenvalue weighted by molar-refractivity contribution is -0.154. The fourth-order valence-corrected chi connectivity index (χ4v) is 9.58. The summed E-state index contributed by atoms with van der Waals surface area (Å²) >= 11 is 1.60. The van der Waals surface area contributed by atoms with Crippen molar-refractivity contribution in [1.82, 2.24) is 4.90 Å². The monoisotopic (exact) mass is 565 g/mol. The van der Waals surface area contributed by atoms with Crippen LogP contribution in [0.15, 0.2) is 54.6 Å². The second-order valence-electron chi connectivity index (χ2n) is 10.9. The van der Waals surface area contributed by atoms with E-state index in [1.165, 1.54) is 0 Å². The standard InChI is InChI=1S/C31H39N3O5S/c1-5-33(6-2)22-15-13-21(14-16-22)32-28(36)27-31-19(4)17-24(40-31)25(30(38)39-7-3)26(31)29(37)34(27)23(18-35)20-11-9-8-10-12-20/h8-16,19,23-27,35H,5-7,17-18H2,1-4H3,(H,32,36)/t19?,23-,24+,25-,26+,27?,31?/m1/s1. The molecule has 3 heterocycles. The van der Waals surface area contributed by atoms with Gasteiger partial charge in [-0.2, -0.15) is 0 Å². The van der Waals surface area contributed by atoms with Gasteiger partial charge < -0.3 is 25.0 Å². The number of nitrogens with one attached hydrogen (secondary N) is 1. The Morgan fingerprint density at radius 3 is 2.40 bits per heavy atom.